The number of hydrogen-bond donors (Lipinski definition) is 1. The molecule has 0 fully saturated rings. The number of anilines is 1. The van der Waals surface area contributed by atoms with Gasteiger partial charge in [0.25, 0.3) is 5.56 Å². The first-order chi connectivity index (χ1) is 8.61. The maximum Gasteiger partial charge on any atom is 0.255 e. The summed E-state index contributed by atoms with van der Waals surface area (Å²) in [5.41, 5.74) is 2.22. The van der Waals surface area contributed by atoms with Gasteiger partial charge in [-0.25, -0.2) is 5.06 Å². The van der Waals surface area contributed by atoms with Gasteiger partial charge in [-0.3, -0.25) is 19.6 Å². The number of aryl methyl sites for hydroxylation is 1. The van der Waals surface area contributed by atoms with Crippen LogP contribution in [0.4, 0.5) is 11.5 Å². The predicted molar refractivity (Wildman–Crippen MR) is 68.3 cm³/mol. The molecule has 0 unspecified atom stereocenters. The van der Waals surface area contributed by atoms with Crippen LogP contribution in [0.15, 0.2) is 27.8 Å². The van der Waals surface area contributed by atoms with Crippen LogP contribution in [-0.4, -0.2) is 27.7 Å². The van der Waals surface area contributed by atoms with Crippen LogP contribution in [-0.2, 0) is 6.54 Å². The van der Waals surface area contributed by atoms with Crippen molar-refractivity contribution in [3.05, 3.63) is 33.9 Å². The van der Waals surface area contributed by atoms with E-state index in [-0.39, 0.29) is 5.56 Å². The molecule has 6 nitrogen and oxygen atoms in total. The zero-order chi connectivity index (χ0) is 12.9. The van der Waals surface area contributed by atoms with Crippen molar-refractivity contribution < 1.29 is 5.21 Å². The molecule has 1 aromatic rings. The summed E-state index contributed by atoms with van der Waals surface area (Å²) in [6, 6.07) is 1.79. The van der Waals surface area contributed by atoms with Crippen molar-refractivity contribution in [1.82, 2.24) is 9.63 Å². The lowest BCUT2D eigenvalue weighted by atomic mass is 10.2. The number of nitrogens with zero attached hydrogens (tertiary/aromatic N) is 4. The minimum atomic E-state index is -0.0101. The maximum absolute atomic E-state index is 12.1. The number of rotatable bonds is 1. The summed E-state index contributed by atoms with van der Waals surface area (Å²) >= 11 is 0. The van der Waals surface area contributed by atoms with Gasteiger partial charge in [-0.05, 0) is 19.9 Å². The Morgan fingerprint density at radius 2 is 2.28 bits per heavy atom. The van der Waals surface area contributed by atoms with Gasteiger partial charge in [0, 0.05) is 12.1 Å². The fraction of sp³-hybridized carbons (Fsp3) is 0.333. The first-order valence-corrected chi connectivity index (χ1v) is 5.85. The van der Waals surface area contributed by atoms with Crippen molar-refractivity contribution in [2.24, 2.45) is 4.99 Å². The minimum Gasteiger partial charge on any atom is -0.302 e. The molecule has 3 heterocycles. The standard InChI is InChI=1S/C12H14N4O2/c1-3-15-11-10(4-8(2)12(15)17)13-5-9-6-14(18)7-16(9)11/h4-6,18H,3,7H2,1-2H3. The second-order valence-electron chi connectivity index (χ2n) is 4.41. The van der Waals surface area contributed by atoms with E-state index < -0.39 is 0 Å². The van der Waals surface area contributed by atoms with Crippen LogP contribution in [0.3, 0.4) is 0 Å². The molecule has 3 rings (SSSR count). The largest absolute Gasteiger partial charge is 0.302 e. The predicted octanol–water partition coefficient (Wildman–Crippen LogP) is 1.20. The second-order valence-corrected chi connectivity index (χ2v) is 4.41. The smallest absolute Gasteiger partial charge is 0.255 e. The van der Waals surface area contributed by atoms with Crippen molar-refractivity contribution in [3.8, 4) is 0 Å². The Bertz CT molecular complexity index is 630. The zero-order valence-corrected chi connectivity index (χ0v) is 10.3. The lowest BCUT2D eigenvalue weighted by molar-refractivity contribution is -0.0304. The Labute approximate surface area is 104 Å². The van der Waals surface area contributed by atoms with Gasteiger partial charge in [-0.15, -0.1) is 0 Å². The van der Waals surface area contributed by atoms with Gasteiger partial charge in [0.1, 0.15) is 18.2 Å². The summed E-state index contributed by atoms with van der Waals surface area (Å²) in [4.78, 5) is 18.4. The molecule has 0 amide bonds. The molecule has 0 radical (unpaired) electrons. The molecule has 18 heavy (non-hydrogen) atoms. The van der Waals surface area contributed by atoms with Gasteiger partial charge in [0.2, 0.25) is 0 Å². The highest BCUT2D eigenvalue weighted by molar-refractivity contribution is 5.93. The Hall–Kier alpha value is -2.08. The van der Waals surface area contributed by atoms with Crippen LogP contribution in [0.2, 0.25) is 0 Å². The molecule has 1 aromatic heterocycles. The number of hydroxylamine groups is 2. The number of allylic oxidation sites excluding steroid dienone is 1. The van der Waals surface area contributed by atoms with E-state index in [0.717, 1.165) is 22.3 Å². The number of aromatic nitrogens is 1. The number of aliphatic imine (C=N–C) groups is 1. The third-order valence-corrected chi connectivity index (χ3v) is 3.21. The molecule has 0 spiro atoms. The number of fused-ring (bicyclic) bond motifs is 3. The first-order valence-electron chi connectivity index (χ1n) is 5.85. The highest BCUT2D eigenvalue weighted by Crippen LogP contribution is 2.35. The molecule has 0 saturated heterocycles. The highest BCUT2D eigenvalue weighted by Gasteiger charge is 2.28. The Balaban J connectivity index is 2.27. The molecular formula is C12H14N4O2. The van der Waals surface area contributed by atoms with E-state index in [1.807, 2.05) is 11.8 Å². The van der Waals surface area contributed by atoms with Crippen LogP contribution in [0.25, 0.3) is 0 Å². The van der Waals surface area contributed by atoms with Gasteiger partial charge in [0.05, 0.1) is 18.1 Å². The molecule has 2 aliphatic rings. The molecule has 0 saturated carbocycles. The van der Waals surface area contributed by atoms with Crippen molar-refractivity contribution in [1.29, 1.82) is 0 Å². The SMILES string of the molecule is CCn1c2c(cc(C)c1=O)N=CC1=CN(O)CN12. The van der Waals surface area contributed by atoms with Crippen molar-refractivity contribution in [2.75, 3.05) is 11.6 Å². The third kappa shape index (κ3) is 1.39. The van der Waals surface area contributed by atoms with E-state index >= 15 is 0 Å². The molecule has 0 atom stereocenters. The highest BCUT2D eigenvalue weighted by atomic mass is 16.5. The molecule has 0 bridgehead atoms. The lowest BCUT2D eigenvalue weighted by Gasteiger charge is -2.28. The van der Waals surface area contributed by atoms with Crippen LogP contribution >= 0.6 is 0 Å². The number of hydrogen-bond acceptors (Lipinski definition) is 5. The van der Waals surface area contributed by atoms with E-state index in [4.69, 9.17) is 0 Å². The normalized spacial score (nSPS) is 16.7. The summed E-state index contributed by atoms with van der Waals surface area (Å²) in [5, 5.41) is 10.6. The van der Waals surface area contributed by atoms with E-state index in [2.05, 4.69) is 4.99 Å². The summed E-state index contributed by atoms with van der Waals surface area (Å²) in [6.45, 7) is 4.61. The van der Waals surface area contributed by atoms with Gasteiger partial charge in [-0.2, -0.15) is 0 Å². The maximum atomic E-state index is 12.1. The molecule has 6 heteroatoms. The molecule has 94 valence electrons. The van der Waals surface area contributed by atoms with Crippen LogP contribution in [0, 0.1) is 6.92 Å². The van der Waals surface area contributed by atoms with Gasteiger partial charge >= 0.3 is 0 Å². The second kappa shape index (κ2) is 3.71. The average molecular weight is 246 g/mol. The van der Waals surface area contributed by atoms with Crippen molar-refractivity contribution in [2.45, 2.75) is 20.4 Å². The van der Waals surface area contributed by atoms with E-state index in [1.165, 1.54) is 0 Å². The van der Waals surface area contributed by atoms with Gasteiger partial charge < -0.3 is 4.90 Å². The Morgan fingerprint density at radius 3 is 3.00 bits per heavy atom. The van der Waals surface area contributed by atoms with E-state index in [9.17, 15) is 10.0 Å². The summed E-state index contributed by atoms with van der Waals surface area (Å²) in [7, 11) is 0. The van der Waals surface area contributed by atoms with Gasteiger partial charge in [0.15, 0.2) is 0 Å². The minimum absolute atomic E-state index is 0.0101. The first kappa shape index (κ1) is 11.0. The molecular weight excluding hydrogens is 232 g/mol. The lowest BCUT2D eigenvalue weighted by Crippen LogP contribution is -2.34. The quantitative estimate of drug-likeness (QED) is 0.809. The van der Waals surface area contributed by atoms with E-state index in [1.54, 1.807) is 30.0 Å². The summed E-state index contributed by atoms with van der Waals surface area (Å²) < 4.78 is 1.69. The molecule has 0 aromatic carbocycles. The van der Waals surface area contributed by atoms with Crippen LogP contribution < -0.4 is 10.5 Å². The van der Waals surface area contributed by atoms with Crippen molar-refractivity contribution in [3.63, 3.8) is 0 Å². The van der Waals surface area contributed by atoms with Crippen LogP contribution in [0.1, 0.15) is 12.5 Å². The van der Waals surface area contributed by atoms with Gasteiger partial charge in [-0.1, -0.05) is 0 Å². The van der Waals surface area contributed by atoms with E-state index in [0.29, 0.717) is 18.8 Å². The molecule has 2 aliphatic heterocycles. The summed E-state index contributed by atoms with van der Waals surface area (Å²) in [6.07, 6.45) is 3.29. The Morgan fingerprint density at radius 1 is 1.50 bits per heavy atom. The number of pyridine rings is 1. The molecule has 1 N–H and O–H groups in total. The zero-order valence-electron chi connectivity index (χ0n) is 10.3. The Kier molecular flexibility index (Phi) is 2.27. The fourth-order valence-corrected chi connectivity index (χ4v) is 2.37. The topological polar surface area (TPSA) is 61.1 Å². The third-order valence-electron chi connectivity index (χ3n) is 3.21. The fourth-order valence-electron chi connectivity index (χ4n) is 2.37. The van der Waals surface area contributed by atoms with Crippen LogP contribution in [0.5, 0.6) is 0 Å². The van der Waals surface area contributed by atoms with Crippen molar-refractivity contribution >= 4 is 17.7 Å². The monoisotopic (exact) mass is 246 g/mol. The molecule has 0 aliphatic carbocycles. The summed E-state index contributed by atoms with van der Waals surface area (Å²) in [5.74, 6) is 0.749. The average Bonchev–Trinajstić information content (AvgIpc) is 2.71.